The first-order valence-electron chi connectivity index (χ1n) is 9.03. The number of amides is 1. The third-order valence-electron chi connectivity index (χ3n) is 4.79. The van der Waals surface area contributed by atoms with Gasteiger partial charge in [-0.3, -0.25) is 15.2 Å². The Bertz CT molecular complexity index is 801. The van der Waals surface area contributed by atoms with E-state index in [9.17, 15) is 9.18 Å². The monoisotopic (exact) mass is 355 g/mol. The molecule has 0 spiro atoms. The number of nitrogens with one attached hydrogen (secondary N) is 1. The number of nitrogens with zero attached hydrogens (tertiary/aromatic N) is 2. The topological polar surface area (TPSA) is 54.5 Å². The molecule has 2 saturated carbocycles. The molecule has 1 amide bonds. The van der Waals surface area contributed by atoms with Crippen LogP contribution in [-0.2, 0) is 0 Å². The third-order valence-corrected chi connectivity index (χ3v) is 4.79. The quantitative estimate of drug-likeness (QED) is 0.770. The largest absolute Gasteiger partial charge is 0.477 e. The Kier molecular flexibility index (Phi) is 4.49. The van der Waals surface area contributed by atoms with Crippen LogP contribution in [0.4, 0.5) is 10.1 Å². The van der Waals surface area contributed by atoms with Crippen molar-refractivity contribution in [3.05, 3.63) is 53.5 Å². The lowest BCUT2D eigenvalue weighted by Gasteiger charge is -2.20. The molecule has 2 aliphatic carbocycles. The SMILES string of the molecule is CN(NC(=O)c1cnc(OCC2CC2)c(C2CC2)c1)c1ccc(F)cc1. The van der Waals surface area contributed by atoms with E-state index in [4.69, 9.17) is 4.74 Å². The van der Waals surface area contributed by atoms with Gasteiger partial charge in [0.15, 0.2) is 0 Å². The van der Waals surface area contributed by atoms with Gasteiger partial charge in [-0.15, -0.1) is 0 Å². The maximum atomic E-state index is 13.0. The molecule has 136 valence electrons. The summed E-state index contributed by atoms with van der Waals surface area (Å²) in [6.07, 6.45) is 6.25. The van der Waals surface area contributed by atoms with Crippen LogP contribution in [0.3, 0.4) is 0 Å². The van der Waals surface area contributed by atoms with Crippen molar-refractivity contribution in [2.75, 3.05) is 18.7 Å². The molecule has 0 aliphatic heterocycles. The van der Waals surface area contributed by atoms with E-state index < -0.39 is 0 Å². The van der Waals surface area contributed by atoms with Crippen LogP contribution in [0.15, 0.2) is 36.5 Å². The number of hydrogen-bond acceptors (Lipinski definition) is 4. The van der Waals surface area contributed by atoms with Crippen LogP contribution in [-0.4, -0.2) is 24.5 Å². The van der Waals surface area contributed by atoms with Gasteiger partial charge >= 0.3 is 0 Å². The Hall–Kier alpha value is -2.63. The normalized spacial score (nSPS) is 16.2. The number of carbonyl (C=O) groups is 1. The maximum Gasteiger partial charge on any atom is 0.271 e. The number of hydrogen-bond donors (Lipinski definition) is 1. The molecule has 2 fully saturated rings. The summed E-state index contributed by atoms with van der Waals surface area (Å²) in [5.41, 5.74) is 5.01. The summed E-state index contributed by atoms with van der Waals surface area (Å²) >= 11 is 0. The molecule has 0 unspecified atom stereocenters. The van der Waals surface area contributed by atoms with Gasteiger partial charge in [-0.05, 0) is 67.9 Å². The van der Waals surface area contributed by atoms with E-state index >= 15 is 0 Å². The van der Waals surface area contributed by atoms with Crippen LogP contribution in [0, 0.1) is 11.7 Å². The summed E-state index contributed by atoms with van der Waals surface area (Å²) in [6.45, 7) is 0.714. The number of halogens is 1. The highest BCUT2D eigenvalue weighted by atomic mass is 19.1. The predicted molar refractivity (Wildman–Crippen MR) is 96.7 cm³/mol. The molecule has 1 aromatic heterocycles. The molecular formula is C20H22FN3O2. The second kappa shape index (κ2) is 6.94. The summed E-state index contributed by atoms with van der Waals surface area (Å²) in [7, 11) is 1.72. The minimum atomic E-state index is -0.312. The molecule has 0 atom stereocenters. The minimum absolute atomic E-state index is 0.250. The fourth-order valence-corrected chi connectivity index (χ4v) is 2.83. The number of rotatable bonds is 7. The van der Waals surface area contributed by atoms with Gasteiger partial charge in [0.05, 0.1) is 17.9 Å². The van der Waals surface area contributed by atoms with Gasteiger partial charge in [-0.2, -0.15) is 0 Å². The molecule has 2 aliphatic rings. The van der Waals surface area contributed by atoms with E-state index in [1.807, 2.05) is 6.07 Å². The molecule has 2 aromatic rings. The van der Waals surface area contributed by atoms with Crippen molar-refractivity contribution in [2.24, 2.45) is 5.92 Å². The van der Waals surface area contributed by atoms with E-state index in [-0.39, 0.29) is 11.7 Å². The maximum absolute atomic E-state index is 13.0. The summed E-state index contributed by atoms with van der Waals surface area (Å²) in [5.74, 6) is 1.21. The number of hydrazine groups is 1. The van der Waals surface area contributed by atoms with E-state index in [0.717, 1.165) is 18.4 Å². The lowest BCUT2D eigenvalue weighted by Crippen LogP contribution is -2.39. The van der Waals surface area contributed by atoms with E-state index in [1.165, 1.54) is 25.0 Å². The Morgan fingerprint density at radius 1 is 1.27 bits per heavy atom. The molecular weight excluding hydrogens is 333 g/mol. The highest BCUT2D eigenvalue weighted by Crippen LogP contribution is 2.44. The van der Waals surface area contributed by atoms with Crippen molar-refractivity contribution in [2.45, 2.75) is 31.6 Å². The fourth-order valence-electron chi connectivity index (χ4n) is 2.83. The number of anilines is 1. The van der Waals surface area contributed by atoms with Crippen LogP contribution in [0.1, 0.15) is 47.5 Å². The number of carbonyl (C=O) groups excluding carboxylic acids is 1. The van der Waals surface area contributed by atoms with Crippen LogP contribution in [0.2, 0.25) is 0 Å². The van der Waals surface area contributed by atoms with Crippen LogP contribution in [0.25, 0.3) is 0 Å². The van der Waals surface area contributed by atoms with Gasteiger partial charge in [-0.1, -0.05) is 0 Å². The zero-order chi connectivity index (χ0) is 18.1. The Balaban J connectivity index is 1.46. The van der Waals surface area contributed by atoms with Crippen molar-refractivity contribution in [3.63, 3.8) is 0 Å². The van der Waals surface area contributed by atoms with Crippen molar-refractivity contribution >= 4 is 11.6 Å². The van der Waals surface area contributed by atoms with Crippen LogP contribution < -0.4 is 15.2 Å². The number of pyridine rings is 1. The Labute approximate surface area is 152 Å². The average Bonchev–Trinajstić information content (AvgIpc) is 3.54. The molecule has 1 heterocycles. The highest BCUT2D eigenvalue weighted by molar-refractivity contribution is 5.95. The first-order valence-corrected chi connectivity index (χ1v) is 9.03. The van der Waals surface area contributed by atoms with E-state index in [0.29, 0.717) is 35.6 Å². The smallest absolute Gasteiger partial charge is 0.271 e. The lowest BCUT2D eigenvalue weighted by molar-refractivity contribution is 0.0951. The molecule has 26 heavy (non-hydrogen) atoms. The highest BCUT2D eigenvalue weighted by Gasteiger charge is 2.30. The van der Waals surface area contributed by atoms with Crippen molar-refractivity contribution in [3.8, 4) is 5.88 Å². The van der Waals surface area contributed by atoms with Crippen LogP contribution in [0.5, 0.6) is 5.88 Å². The molecule has 0 radical (unpaired) electrons. The molecule has 1 N–H and O–H groups in total. The van der Waals surface area contributed by atoms with E-state index in [2.05, 4.69) is 10.4 Å². The minimum Gasteiger partial charge on any atom is -0.477 e. The summed E-state index contributed by atoms with van der Waals surface area (Å²) in [5, 5.41) is 1.57. The molecule has 0 bridgehead atoms. The van der Waals surface area contributed by atoms with Gasteiger partial charge in [-0.25, -0.2) is 9.37 Å². The first kappa shape index (κ1) is 16.8. The van der Waals surface area contributed by atoms with Gasteiger partial charge in [0, 0.05) is 18.8 Å². The Morgan fingerprint density at radius 3 is 2.65 bits per heavy atom. The molecule has 0 saturated heterocycles. The molecule has 6 heteroatoms. The second-order valence-corrected chi connectivity index (χ2v) is 7.12. The third kappa shape index (κ3) is 3.95. The number of ether oxygens (including phenoxy) is 1. The second-order valence-electron chi connectivity index (χ2n) is 7.12. The molecule has 5 nitrogen and oxygen atoms in total. The zero-order valence-electron chi connectivity index (χ0n) is 14.7. The lowest BCUT2D eigenvalue weighted by atomic mass is 10.1. The van der Waals surface area contributed by atoms with Crippen molar-refractivity contribution < 1.29 is 13.9 Å². The van der Waals surface area contributed by atoms with Gasteiger partial charge in [0.25, 0.3) is 5.91 Å². The van der Waals surface area contributed by atoms with Crippen molar-refractivity contribution in [1.29, 1.82) is 0 Å². The van der Waals surface area contributed by atoms with E-state index in [1.54, 1.807) is 30.4 Å². The molecule has 4 rings (SSSR count). The number of benzene rings is 1. The standard InChI is InChI=1S/C20H22FN3O2/c1-24(17-8-6-16(21)7-9-17)23-19(25)15-10-18(14-4-5-14)20(22-11-15)26-12-13-2-3-13/h6-11,13-14H,2-5,12H2,1H3,(H,23,25). The summed E-state index contributed by atoms with van der Waals surface area (Å²) in [4.78, 5) is 17.0. The summed E-state index contributed by atoms with van der Waals surface area (Å²) < 4.78 is 18.9. The fraction of sp³-hybridized carbons (Fsp3) is 0.400. The van der Waals surface area contributed by atoms with Gasteiger partial charge < -0.3 is 4.74 Å². The van der Waals surface area contributed by atoms with Gasteiger partial charge in [0.1, 0.15) is 5.82 Å². The summed E-state index contributed by atoms with van der Waals surface area (Å²) in [6, 6.07) is 7.82. The Morgan fingerprint density at radius 2 is 2.00 bits per heavy atom. The van der Waals surface area contributed by atoms with Gasteiger partial charge in [0.2, 0.25) is 5.88 Å². The number of aromatic nitrogens is 1. The first-order chi connectivity index (χ1) is 12.6. The average molecular weight is 355 g/mol. The van der Waals surface area contributed by atoms with Crippen molar-refractivity contribution in [1.82, 2.24) is 10.4 Å². The predicted octanol–water partition coefficient (Wildman–Crippen LogP) is 3.67. The zero-order valence-corrected chi connectivity index (χ0v) is 14.7. The van der Waals surface area contributed by atoms with Crippen LogP contribution >= 0.6 is 0 Å². The molecule has 1 aromatic carbocycles.